The second-order valence-electron chi connectivity index (χ2n) is 9.60. The van der Waals surface area contributed by atoms with Crippen LogP contribution in [0, 0.1) is 40.2 Å². The first-order chi connectivity index (χ1) is 15.9. The fourth-order valence-electron chi connectivity index (χ4n) is 6.06. The lowest BCUT2D eigenvalue weighted by molar-refractivity contribution is -0.138. The topological polar surface area (TPSA) is 74.3 Å². The first kappa shape index (κ1) is 20.0. The van der Waals surface area contributed by atoms with E-state index in [9.17, 15) is 13.6 Å². The number of rotatable bonds is 4. The molecular formula is C25H21F2N5O. The first-order valence-electron chi connectivity index (χ1n) is 11.1. The molecule has 0 spiro atoms. The number of fused-ring (bicyclic) bond motifs is 2. The maximum Gasteiger partial charge on any atom is 0.246 e. The molecule has 4 aliphatic rings. The third-order valence-corrected chi connectivity index (χ3v) is 7.51. The van der Waals surface area contributed by atoms with Crippen LogP contribution in [0.1, 0.15) is 42.9 Å². The molecule has 3 fully saturated rings. The standard InChI is InChI=1S/C25H21F2N5O/c26-19-6-16(7-20(27)8-19)23-3-4-29-32(23)24(33)21-11-25(9-18(21)10-25)14-31-22-2-1-15(12-28)5-17(22)13-30-31/h1-2,4-8,13,18,21,23H,3,9-11,14H2. The number of hydrazone groups is 1. The molecule has 0 N–H and O–H groups in total. The number of hydrogen-bond acceptors (Lipinski definition) is 4. The Morgan fingerprint density at radius 3 is 2.70 bits per heavy atom. The number of halogens is 2. The highest BCUT2D eigenvalue weighted by atomic mass is 19.1. The van der Waals surface area contributed by atoms with Crippen LogP contribution < -0.4 is 0 Å². The largest absolute Gasteiger partial charge is 0.273 e. The summed E-state index contributed by atoms with van der Waals surface area (Å²) in [6.45, 7) is 0.727. The second kappa shape index (κ2) is 7.20. The molecule has 0 radical (unpaired) electrons. The number of hydrogen-bond donors (Lipinski definition) is 0. The molecule has 2 atom stereocenters. The smallest absolute Gasteiger partial charge is 0.246 e. The number of carbonyl (C=O) groups excluding carboxylic acids is 1. The van der Waals surface area contributed by atoms with Crippen molar-refractivity contribution in [3.8, 4) is 6.07 Å². The molecule has 1 amide bonds. The summed E-state index contributed by atoms with van der Waals surface area (Å²) in [5.41, 5.74) is 2.04. The molecule has 33 heavy (non-hydrogen) atoms. The molecule has 2 bridgehead atoms. The highest BCUT2D eigenvalue weighted by Crippen LogP contribution is 2.63. The van der Waals surface area contributed by atoms with Gasteiger partial charge < -0.3 is 0 Å². The van der Waals surface area contributed by atoms with Crippen molar-refractivity contribution < 1.29 is 13.6 Å². The molecule has 2 heterocycles. The third-order valence-electron chi connectivity index (χ3n) is 7.51. The Hall–Kier alpha value is -3.60. The maximum absolute atomic E-state index is 13.8. The van der Waals surface area contributed by atoms with Gasteiger partial charge in [-0.15, -0.1) is 0 Å². The summed E-state index contributed by atoms with van der Waals surface area (Å²) in [4.78, 5) is 13.4. The van der Waals surface area contributed by atoms with Crippen molar-refractivity contribution >= 4 is 23.0 Å². The average Bonchev–Trinajstić information content (AvgIpc) is 3.54. The van der Waals surface area contributed by atoms with Gasteiger partial charge in [-0.3, -0.25) is 9.48 Å². The predicted molar refractivity (Wildman–Crippen MR) is 117 cm³/mol. The SMILES string of the molecule is N#Cc1ccc2c(cnn2CC23CC(C2)C(C(=O)N2N=CCC2c2cc(F)cc(F)c2)C3)c1. The van der Waals surface area contributed by atoms with Gasteiger partial charge in [0.05, 0.1) is 29.4 Å². The van der Waals surface area contributed by atoms with E-state index in [2.05, 4.69) is 16.3 Å². The zero-order valence-corrected chi connectivity index (χ0v) is 17.8. The zero-order chi connectivity index (χ0) is 22.7. The molecule has 2 unspecified atom stereocenters. The maximum atomic E-state index is 13.8. The van der Waals surface area contributed by atoms with Crippen molar-refractivity contribution in [2.24, 2.45) is 22.4 Å². The Balaban J connectivity index is 1.20. The van der Waals surface area contributed by atoms with Crippen LogP contribution in [0.2, 0.25) is 0 Å². The van der Waals surface area contributed by atoms with Gasteiger partial charge in [0.1, 0.15) is 11.6 Å². The minimum atomic E-state index is -0.653. The van der Waals surface area contributed by atoms with Crippen molar-refractivity contribution in [1.29, 1.82) is 5.26 Å². The number of benzene rings is 2. The normalized spacial score (nSPS) is 27.7. The summed E-state index contributed by atoms with van der Waals surface area (Å²) < 4.78 is 29.5. The lowest BCUT2D eigenvalue weighted by Gasteiger charge is -2.38. The predicted octanol–water partition coefficient (Wildman–Crippen LogP) is 4.56. The van der Waals surface area contributed by atoms with E-state index in [0.717, 1.165) is 42.8 Å². The first-order valence-corrected chi connectivity index (χ1v) is 11.1. The van der Waals surface area contributed by atoms with Crippen molar-refractivity contribution in [3.63, 3.8) is 0 Å². The van der Waals surface area contributed by atoms with E-state index >= 15 is 0 Å². The van der Waals surface area contributed by atoms with Crippen LogP contribution in [0.5, 0.6) is 0 Å². The molecular weight excluding hydrogens is 424 g/mol. The molecule has 1 aliphatic heterocycles. The number of aromatic nitrogens is 2. The van der Waals surface area contributed by atoms with Gasteiger partial charge in [-0.05, 0) is 66.5 Å². The molecule has 1 aromatic heterocycles. The fourth-order valence-corrected chi connectivity index (χ4v) is 6.06. The fraction of sp³-hybridized carbons (Fsp3) is 0.360. The van der Waals surface area contributed by atoms with E-state index < -0.39 is 17.7 Å². The second-order valence-corrected chi connectivity index (χ2v) is 9.60. The Morgan fingerprint density at radius 1 is 1.15 bits per heavy atom. The lowest BCUT2D eigenvalue weighted by Crippen LogP contribution is -2.35. The summed E-state index contributed by atoms with van der Waals surface area (Å²) in [6.07, 6.45) is 6.54. The molecule has 166 valence electrons. The molecule has 0 saturated heterocycles. The van der Waals surface area contributed by atoms with E-state index in [1.54, 1.807) is 18.5 Å². The third kappa shape index (κ3) is 3.22. The van der Waals surface area contributed by atoms with Crippen molar-refractivity contribution in [2.45, 2.75) is 38.3 Å². The van der Waals surface area contributed by atoms with Crippen LogP contribution in [0.25, 0.3) is 10.9 Å². The van der Waals surface area contributed by atoms with Crippen molar-refractivity contribution in [3.05, 3.63) is 65.4 Å². The Kier molecular flexibility index (Phi) is 4.37. The van der Waals surface area contributed by atoms with E-state index in [0.29, 0.717) is 23.5 Å². The van der Waals surface area contributed by atoms with Gasteiger partial charge in [-0.2, -0.15) is 15.5 Å². The highest BCUT2D eigenvalue weighted by molar-refractivity contribution is 5.83. The van der Waals surface area contributed by atoms with Gasteiger partial charge in [-0.25, -0.2) is 13.8 Å². The molecule has 6 nitrogen and oxygen atoms in total. The Labute approximate surface area is 189 Å². The minimum absolute atomic E-state index is 0.0156. The average molecular weight is 445 g/mol. The van der Waals surface area contributed by atoms with Gasteiger partial charge in [0.15, 0.2) is 0 Å². The molecule has 3 saturated carbocycles. The van der Waals surface area contributed by atoms with E-state index in [-0.39, 0.29) is 17.2 Å². The number of amides is 1. The number of nitrogens with zero attached hydrogens (tertiary/aromatic N) is 5. The van der Waals surface area contributed by atoms with Gasteiger partial charge in [0.2, 0.25) is 5.91 Å². The van der Waals surface area contributed by atoms with Crippen LogP contribution in [0.4, 0.5) is 8.78 Å². The molecule has 3 aliphatic carbocycles. The van der Waals surface area contributed by atoms with Gasteiger partial charge in [0.25, 0.3) is 0 Å². The minimum Gasteiger partial charge on any atom is -0.273 e. The molecule has 7 rings (SSSR count). The van der Waals surface area contributed by atoms with E-state index in [1.807, 2.05) is 16.8 Å². The van der Waals surface area contributed by atoms with E-state index in [4.69, 9.17) is 5.26 Å². The summed E-state index contributed by atoms with van der Waals surface area (Å²) in [6, 6.07) is 10.6. The van der Waals surface area contributed by atoms with Crippen LogP contribution in [0.15, 0.2) is 47.7 Å². The zero-order valence-electron chi connectivity index (χ0n) is 17.8. The van der Waals surface area contributed by atoms with Gasteiger partial charge in [-0.1, -0.05) is 0 Å². The molecule has 3 aromatic rings. The highest BCUT2D eigenvalue weighted by Gasteiger charge is 2.59. The summed E-state index contributed by atoms with van der Waals surface area (Å²) in [5.74, 6) is -1.22. The Bertz CT molecular complexity index is 1330. The van der Waals surface area contributed by atoms with E-state index in [1.165, 1.54) is 17.1 Å². The quantitative estimate of drug-likeness (QED) is 0.591. The summed E-state index contributed by atoms with van der Waals surface area (Å²) >= 11 is 0. The summed E-state index contributed by atoms with van der Waals surface area (Å²) in [5, 5.41) is 20.3. The summed E-state index contributed by atoms with van der Waals surface area (Å²) in [7, 11) is 0. The molecule has 8 heteroatoms. The van der Waals surface area contributed by atoms with Gasteiger partial charge in [0, 0.05) is 36.6 Å². The Morgan fingerprint density at radius 2 is 1.94 bits per heavy atom. The number of nitriles is 1. The monoisotopic (exact) mass is 445 g/mol. The van der Waals surface area contributed by atoms with Crippen LogP contribution in [-0.4, -0.2) is 26.9 Å². The lowest BCUT2D eigenvalue weighted by atomic mass is 9.69. The van der Waals surface area contributed by atoms with Crippen LogP contribution in [-0.2, 0) is 11.3 Å². The van der Waals surface area contributed by atoms with Crippen molar-refractivity contribution in [2.75, 3.05) is 0 Å². The van der Waals surface area contributed by atoms with Crippen LogP contribution in [0.3, 0.4) is 0 Å². The van der Waals surface area contributed by atoms with Gasteiger partial charge >= 0.3 is 0 Å². The van der Waals surface area contributed by atoms with Crippen LogP contribution >= 0.6 is 0 Å². The van der Waals surface area contributed by atoms with Crippen molar-refractivity contribution in [1.82, 2.24) is 14.8 Å². The molecule has 2 aromatic carbocycles. The number of carbonyl (C=O) groups is 1.